The Bertz CT molecular complexity index is 998. The van der Waals surface area contributed by atoms with Crippen LogP contribution in [0.25, 0.3) is 5.65 Å². The van der Waals surface area contributed by atoms with Crippen molar-refractivity contribution in [1.82, 2.24) is 9.38 Å². The molecule has 0 bridgehead atoms. The number of rotatable bonds is 4. The number of hydrogen-bond donors (Lipinski definition) is 1. The number of alkyl halides is 3. The van der Waals surface area contributed by atoms with Crippen LogP contribution in [-0.2, 0) is 0 Å². The van der Waals surface area contributed by atoms with Crippen LogP contribution in [0.1, 0.15) is 10.4 Å². The summed E-state index contributed by atoms with van der Waals surface area (Å²) >= 11 is 0. The molecule has 0 unspecified atom stereocenters. The fourth-order valence-electron chi connectivity index (χ4n) is 2.18. The predicted molar refractivity (Wildman–Crippen MR) is 87.4 cm³/mol. The summed E-state index contributed by atoms with van der Waals surface area (Å²) in [6.45, 7) is -1.40. The Hall–Kier alpha value is -3.36. The second-order valence-corrected chi connectivity index (χ2v) is 5.29. The first kappa shape index (κ1) is 17.5. The number of benzene rings is 1. The Morgan fingerprint density at radius 3 is 2.58 bits per heavy atom. The molecule has 26 heavy (non-hydrogen) atoms. The highest BCUT2D eigenvalue weighted by molar-refractivity contribution is 6.03. The number of nitrogens with zero attached hydrogens (tertiary/aromatic N) is 2. The molecule has 0 spiro atoms. The molecule has 6 nitrogen and oxygen atoms in total. The maximum absolute atomic E-state index is 12.3. The Morgan fingerprint density at radius 2 is 1.88 bits per heavy atom. The third-order valence-electron chi connectivity index (χ3n) is 3.37. The highest BCUT2D eigenvalue weighted by Crippen LogP contribution is 2.20. The lowest BCUT2D eigenvalue weighted by atomic mass is 10.2. The Labute approximate surface area is 144 Å². The van der Waals surface area contributed by atoms with E-state index in [0.29, 0.717) is 11.3 Å². The number of ether oxygens (including phenoxy) is 1. The second kappa shape index (κ2) is 6.87. The lowest BCUT2D eigenvalue weighted by Crippen LogP contribution is -2.26. The van der Waals surface area contributed by atoms with E-state index in [9.17, 15) is 22.8 Å². The number of hydrogen-bond acceptors (Lipinski definition) is 4. The van der Waals surface area contributed by atoms with E-state index < -0.39 is 24.2 Å². The van der Waals surface area contributed by atoms with Crippen LogP contribution in [0.3, 0.4) is 0 Å². The van der Waals surface area contributed by atoms with Gasteiger partial charge in [-0.05, 0) is 36.4 Å². The van der Waals surface area contributed by atoms with Crippen molar-refractivity contribution in [2.45, 2.75) is 6.18 Å². The highest BCUT2D eigenvalue weighted by Gasteiger charge is 2.28. The summed E-state index contributed by atoms with van der Waals surface area (Å²) in [5.74, 6) is -0.669. The molecule has 0 saturated heterocycles. The minimum atomic E-state index is -4.43. The van der Waals surface area contributed by atoms with E-state index in [0.717, 1.165) is 0 Å². The van der Waals surface area contributed by atoms with Crippen LogP contribution in [0, 0.1) is 0 Å². The maximum Gasteiger partial charge on any atom is 0.422 e. The molecule has 2 heterocycles. The van der Waals surface area contributed by atoms with Gasteiger partial charge in [0.25, 0.3) is 11.5 Å². The summed E-state index contributed by atoms with van der Waals surface area (Å²) in [7, 11) is 0. The van der Waals surface area contributed by atoms with Gasteiger partial charge in [0.05, 0.1) is 0 Å². The number of nitrogens with one attached hydrogen (secondary N) is 1. The minimum Gasteiger partial charge on any atom is -0.484 e. The van der Waals surface area contributed by atoms with Gasteiger partial charge in [-0.25, -0.2) is 4.98 Å². The summed E-state index contributed by atoms with van der Waals surface area (Å²) in [5, 5.41) is 2.49. The zero-order valence-corrected chi connectivity index (χ0v) is 13.2. The number of pyridine rings is 1. The van der Waals surface area contributed by atoms with Gasteiger partial charge in [-0.3, -0.25) is 14.0 Å². The van der Waals surface area contributed by atoms with Gasteiger partial charge in [0.15, 0.2) is 6.61 Å². The van der Waals surface area contributed by atoms with Gasteiger partial charge in [0, 0.05) is 18.1 Å². The van der Waals surface area contributed by atoms with Crippen molar-refractivity contribution in [2.24, 2.45) is 0 Å². The average Bonchev–Trinajstić information content (AvgIpc) is 2.61. The fourth-order valence-corrected chi connectivity index (χ4v) is 2.18. The molecule has 1 amide bonds. The quantitative estimate of drug-likeness (QED) is 0.774. The molecule has 2 aromatic heterocycles. The highest BCUT2D eigenvalue weighted by atomic mass is 19.4. The fraction of sp³-hybridized carbons (Fsp3) is 0.118. The Morgan fingerprint density at radius 1 is 1.15 bits per heavy atom. The number of halogens is 3. The third-order valence-corrected chi connectivity index (χ3v) is 3.37. The van der Waals surface area contributed by atoms with Crippen molar-refractivity contribution in [1.29, 1.82) is 0 Å². The van der Waals surface area contributed by atoms with E-state index >= 15 is 0 Å². The van der Waals surface area contributed by atoms with Crippen LogP contribution in [0.4, 0.5) is 18.9 Å². The summed E-state index contributed by atoms with van der Waals surface area (Å²) < 4.78 is 42.1. The predicted octanol–water partition coefficient (Wildman–Crippen LogP) is 2.89. The third kappa shape index (κ3) is 4.00. The lowest BCUT2D eigenvalue weighted by Gasteiger charge is -2.10. The number of amides is 1. The number of carbonyl (C=O) groups excluding carboxylic acids is 1. The molecular weight excluding hydrogens is 351 g/mol. The van der Waals surface area contributed by atoms with Crippen LogP contribution >= 0.6 is 0 Å². The van der Waals surface area contributed by atoms with Crippen molar-refractivity contribution in [3.8, 4) is 5.75 Å². The number of carbonyl (C=O) groups is 1. The van der Waals surface area contributed by atoms with E-state index in [1.54, 1.807) is 18.2 Å². The molecule has 0 fully saturated rings. The van der Waals surface area contributed by atoms with Gasteiger partial charge in [0.1, 0.15) is 17.0 Å². The van der Waals surface area contributed by atoms with E-state index in [1.165, 1.54) is 41.1 Å². The van der Waals surface area contributed by atoms with Gasteiger partial charge in [0.2, 0.25) is 0 Å². The van der Waals surface area contributed by atoms with Crippen molar-refractivity contribution >= 4 is 17.2 Å². The van der Waals surface area contributed by atoms with E-state index in [1.807, 2.05) is 0 Å². The number of fused-ring (bicyclic) bond motifs is 1. The summed E-state index contributed by atoms with van der Waals surface area (Å²) in [6.07, 6.45) is -1.76. The van der Waals surface area contributed by atoms with E-state index in [4.69, 9.17) is 0 Å². The molecule has 0 aliphatic carbocycles. The van der Waals surface area contributed by atoms with Gasteiger partial charge < -0.3 is 10.1 Å². The molecule has 0 radical (unpaired) electrons. The smallest absolute Gasteiger partial charge is 0.422 e. The standard InChI is InChI=1S/C17H12F3N3O3/c18-17(19,20)10-26-12-6-4-11(5-7-12)22-15(24)13-9-21-14-3-1-2-8-23(14)16(13)25/h1-9H,10H2,(H,22,24). The molecule has 0 aliphatic heterocycles. The van der Waals surface area contributed by atoms with Crippen molar-refractivity contribution < 1.29 is 22.7 Å². The summed E-state index contributed by atoms with van der Waals surface area (Å²) in [4.78, 5) is 28.6. The Kier molecular flexibility index (Phi) is 4.61. The van der Waals surface area contributed by atoms with Gasteiger partial charge in [-0.2, -0.15) is 13.2 Å². The monoisotopic (exact) mass is 363 g/mol. The largest absolute Gasteiger partial charge is 0.484 e. The van der Waals surface area contributed by atoms with Gasteiger partial charge in [-0.15, -0.1) is 0 Å². The zero-order valence-electron chi connectivity index (χ0n) is 13.2. The maximum atomic E-state index is 12.3. The SMILES string of the molecule is O=C(Nc1ccc(OCC(F)(F)F)cc1)c1cnc2ccccn2c1=O. The van der Waals surface area contributed by atoms with Crippen molar-refractivity contribution in [3.63, 3.8) is 0 Å². The molecule has 0 aliphatic rings. The first-order chi connectivity index (χ1) is 12.3. The number of aromatic nitrogens is 2. The molecule has 3 aromatic rings. The van der Waals surface area contributed by atoms with Crippen LogP contribution in [-0.4, -0.2) is 28.1 Å². The first-order valence-corrected chi connectivity index (χ1v) is 7.41. The van der Waals surface area contributed by atoms with Crippen molar-refractivity contribution in [3.05, 3.63) is 70.8 Å². The van der Waals surface area contributed by atoms with Crippen LogP contribution < -0.4 is 15.6 Å². The molecule has 9 heteroatoms. The van der Waals surface area contributed by atoms with E-state index in [-0.39, 0.29) is 11.3 Å². The zero-order chi connectivity index (χ0) is 18.7. The normalized spacial score (nSPS) is 11.3. The van der Waals surface area contributed by atoms with Crippen LogP contribution in [0.2, 0.25) is 0 Å². The topological polar surface area (TPSA) is 72.7 Å². The van der Waals surface area contributed by atoms with Crippen LogP contribution in [0.5, 0.6) is 5.75 Å². The molecule has 134 valence electrons. The molecule has 1 aromatic carbocycles. The second-order valence-electron chi connectivity index (χ2n) is 5.29. The van der Waals surface area contributed by atoms with Crippen molar-refractivity contribution in [2.75, 3.05) is 11.9 Å². The Balaban J connectivity index is 1.74. The van der Waals surface area contributed by atoms with Gasteiger partial charge >= 0.3 is 6.18 Å². The molecule has 0 atom stereocenters. The van der Waals surface area contributed by atoms with Crippen LogP contribution in [0.15, 0.2) is 59.7 Å². The number of anilines is 1. The molecule has 3 rings (SSSR count). The molecular formula is C17H12F3N3O3. The minimum absolute atomic E-state index is 0.00719. The van der Waals surface area contributed by atoms with Gasteiger partial charge in [-0.1, -0.05) is 6.07 Å². The average molecular weight is 363 g/mol. The lowest BCUT2D eigenvalue weighted by molar-refractivity contribution is -0.153. The first-order valence-electron chi connectivity index (χ1n) is 7.41. The summed E-state index contributed by atoms with van der Waals surface area (Å²) in [6, 6.07) is 10.3. The molecule has 1 N–H and O–H groups in total. The van der Waals surface area contributed by atoms with E-state index in [2.05, 4.69) is 15.0 Å². The molecule has 0 saturated carbocycles. The summed E-state index contributed by atoms with van der Waals surface area (Å²) in [5.41, 5.74) is 0.0106.